The van der Waals surface area contributed by atoms with Gasteiger partial charge in [0.1, 0.15) is 11.6 Å². The van der Waals surface area contributed by atoms with Gasteiger partial charge < -0.3 is 9.88 Å². The van der Waals surface area contributed by atoms with Gasteiger partial charge in [0, 0.05) is 12.2 Å². The molecular weight excluding hydrogens is 456 g/mol. The fraction of sp³-hybridized carbons (Fsp3) is 0.292. The van der Waals surface area contributed by atoms with Crippen molar-refractivity contribution in [3.63, 3.8) is 0 Å². The van der Waals surface area contributed by atoms with E-state index >= 15 is 0 Å². The minimum atomic E-state index is -3.59. The number of carbonyl (C=O) groups excluding carboxylic acids is 1. The number of nitrogens with one attached hydrogen (secondary N) is 1. The quantitative estimate of drug-likeness (QED) is 0.335. The van der Waals surface area contributed by atoms with E-state index in [0.717, 1.165) is 16.8 Å². The zero-order valence-electron chi connectivity index (χ0n) is 19.0. The van der Waals surface area contributed by atoms with Crippen LogP contribution in [-0.4, -0.2) is 34.3 Å². The van der Waals surface area contributed by atoms with E-state index in [2.05, 4.69) is 22.1 Å². The molecule has 0 aliphatic heterocycles. The average molecular weight is 485 g/mol. The van der Waals surface area contributed by atoms with E-state index in [1.807, 2.05) is 39.0 Å². The second-order valence-electron chi connectivity index (χ2n) is 7.67. The fourth-order valence-corrected chi connectivity index (χ4v) is 5.47. The van der Waals surface area contributed by atoms with Crippen LogP contribution in [0.15, 0.2) is 71.2 Å². The summed E-state index contributed by atoms with van der Waals surface area (Å²) in [6.45, 7) is 10.0. The summed E-state index contributed by atoms with van der Waals surface area (Å²) < 4.78 is 27.4. The first kappa shape index (κ1) is 24.7. The predicted octanol–water partition coefficient (Wildman–Crippen LogP) is 4.56. The van der Waals surface area contributed by atoms with Gasteiger partial charge in [-0.1, -0.05) is 49.0 Å². The van der Waals surface area contributed by atoms with Crippen LogP contribution in [0.3, 0.4) is 0 Å². The average Bonchev–Trinajstić information content (AvgIpc) is 3.15. The third-order valence-corrected chi connectivity index (χ3v) is 8.19. The number of anilines is 1. The summed E-state index contributed by atoms with van der Waals surface area (Å²) in [5, 5.41) is 11.4. The molecule has 1 aromatic heterocycles. The van der Waals surface area contributed by atoms with Crippen molar-refractivity contribution < 1.29 is 13.2 Å². The van der Waals surface area contributed by atoms with Crippen molar-refractivity contribution in [3.05, 3.63) is 78.1 Å². The first-order chi connectivity index (χ1) is 15.7. The van der Waals surface area contributed by atoms with E-state index in [4.69, 9.17) is 0 Å². The zero-order chi connectivity index (χ0) is 24.0. The number of amides is 1. The Labute approximate surface area is 199 Å². The molecule has 1 unspecified atom stereocenters. The second-order valence-corrected chi connectivity index (χ2v) is 10.8. The highest BCUT2D eigenvalue weighted by atomic mass is 32.2. The van der Waals surface area contributed by atoms with Gasteiger partial charge in [0.05, 0.1) is 10.1 Å². The Morgan fingerprint density at radius 3 is 2.52 bits per heavy atom. The van der Waals surface area contributed by atoms with Gasteiger partial charge in [-0.2, -0.15) is 0 Å². The van der Waals surface area contributed by atoms with Gasteiger partial charge >= 0.3 is 0 Å². The fourth-order valence-electron chi connectivity index (χ4n) is 3.20. The van der Waals surface area contributed by atoms with E-state index in [-0.39, 0.29) is 16.6 Å². The van der Waals surface area contributed by atoms with Gasteiger partial charge in [0.2, 0.25) is 5.91 Å². The largest absolute Gasteiger partial charge is 0.325 e. The Bertz CT molecular complexity index is 1240. The van der Waals surface area contributed by atoms with Crippen LogP contribution in [0.1, 0.15) is 30.3 Å². The Balaban J connectivity index is 1.80. The normalized spacial score (nSPS) is 12.3. The van der Waals surface area contributed by atoms with Crippen LogP contribution in [-0.2, 0) is 26.9 Å². The van der Waals surface area contributed by atoms with E-state index < -0.39 is 15.1 Å². The molecule has 1 amide bonds. The lowest BCUT2D eigenvalue weighted by molar-refractivity contribution is -0.115. The van der Waals surface area contributed by atoms with Gasteiger partial charge in [-0.05, 0) is 55.7 Å². The molecule has 0 bridgehead atoms. The summed E-state index contributed by atoms with van der Waals surface area (Å²) in [4.78, 5) is 13.2. The number of rotatable bonds is 10. The topological polar surface area (TPSA) is 93.9 Å². The minimum Gasteiger partial charge on any atom is -0.325 e. The van der Waals surface area contributed by atoms with Crippen molar-refractivity contribution >= 4 is 33.2 Å². The molecule has 1 N–H and O–H groups in total. The van der Waals surface area contributed by atoms with Crippen LogP contribution in [0.4, 0.5) is 5.69 Å². The van der Waals surface area contributed by atoms with Crippen LogP contribution < -0.4 is 5.32 Å². The molecule has 0 fully saturated rings. The molecule has 0 aliphatic rings. The summed E-state index contributed by atoms with van der Waals surface area (Å²) in [5.41, 5.74) is 3.00. The molecule has 1 atom stereocenters. The Kier molecular flexibility index (Phi) is 8.10. The molecule has 0 saturated carbocycles. The maximum atomic E-state index is 12.9. The summed E-state index contributed by atoms with van der Waals surface area (Å²) in [6, 6.07) is 14.0. The molecule has 0 radical (unpaired) electrons. The highest BCUT2D eigenvalue weighted by Gasteiger charge is 2.25. The molecule has 3 aromatic rings. The third-order valence-electron chi connectivity index (χ3n) is 5.21. The van der Waals surface area contributed by atoms with Crippen molar-refractivity contribution in [2.75, 3.05) is 5.32 Å². The van der Waals surface area contributed by atoms with E-state index in [1.54, 1.807) is 41.0 Å². The number of aromatic nitrogens is 3. The lowest BCUT2D eigenvalue weighted by Gasteiger charge is -2.16. The van der Waals surface area contributed by atoms with Crippen molar-refractivity contribution in [2.24, 2.45) is 0 Å². The monoisotopic (exact) mass is 484 g/mol. The first-order valence-electron chi connectivity index (χ1n) is 10.6. The molecule has 7 nitrogen and oxygen atoms in total. The molecule has 1 heterocycles. The Hall–Kier alpha value is -2.91. The number of hydrogen-bond donors (Lipinski definition) is 1. The molecule has 3 rings (SSSR count). The Morgan fingerprint density at radius 2 is 1.88 bits per heavy atom. The summed E-state index contributed by atoms with van der Waals surface area (Å²) >= 11 is 1.27. The summed E-state index contributed by atoms with van der Waals surface area (Å²) in [7, 11) is -3.59. The van der Waals surface area contributed by atoms with Crippen molar-refractivity contribution in [1.29, 1.82) is 0 Å². The maximum absolute atomic E-state index is 12.9. The number of carbonyl (C=O) groups is 1. The molecule has 174 valence electrons. The lowest BCUT2D eigenvalue weighted by Crippen LogP contribution is -2.25. The highest BCUT2D eigenvalue weighted by Crippen LogP contribution is 2.27. The van der Waals surface area contributed by atoms with Crippen molar-refractivity contribution in [3.8, 4) is 0 Å². The second kappa shape index (κ2) is 10.8. The third kappa shape index (κ3) is 6.11. The number of nitrogens with zero attached hydrogens (tertiary/aromatic N) is 3. The molecule has 33 heavy (non-hydrogen) atoms. The minimum absolute atomic E-state index is 0.141. The van der Waals surface area contributed by atoms with Crippen LogP contribution in [0.5, 0.6) is 0 Å². The predicted molar refractivity (Wildman–Crippen MR) is 132 cm³/mol. The van der Waals surface area contributed by atoms with E-state index in [9.17, 15) is 13.2 Å². The molecule has 0 spiro atoms. The molecule has 9 heteroatoms. The van der Waals surface area contributed by atoms with Gasteiger partial charge in [0.25, 0.3) is 0 Å². The van der Waals surface area contributed by atoms with Gasteiger partial charge in [-0.3, -0.25) is 4.79 Å². The van der Waals surface area contributed by atoms with E-state index in [1.165, 1.54) is 11.8 Å². The van der Waals surface area contributed by atoms with E-state index in [0.29, 0.717) is 23.9 Å². The van der Waals surface area contributed by atoms with Crippen molar-refractivity contribution in [2.45, 2.75) is 54.8 Å². The molecule has 0 saturated heterocycles. The summed E-state index contributed by atoms with van der Waals surface area (Å²) in [5.74, 6) is -0.118. The molecule has 0 aliphatic carbocycles. The number of allylic oxidation sites excluding steroid dienone is 1. The smallest absolute Gasteiger partial charge is 0.237 e. The standard InChI is InChI=1S/C24H28N4O3S2/c1-5-14-28-22(16-33(30,31)20-10-8-7-9-11-20)26-27-24(28)32-21(6-2)23(29)25-19-13-12-17(3)18(4)15-19/h5,7-13,15,21H,1,6,14,16H2,2-4H3,(H,25,29). The summed E-state index contributed by atoms with van der Waals surface area (Å²) in [6.07, 6.45) is 2.22. The number of aryl methyl sites for hydroxylation is 2. The van der Waals surface area contributed by atoms with Gasteiger partial charge in [-0.25, -0.2) is 8.42 Å². The van der Waals surface area contributed by atoms with Crippen LogP contribution in [0, 0.1) is 13.8 Å². The van der Waals surface area contributed by atoms with Gasteiger partial charge in [0.15, 0.2) is 15.0 Å². The first-order valence-corrected chi connectivity index (χ1v) is 13.1. The SMILES string of the molecule is C=CCn1c(CS(=O)(=O)c2ccccc2)nnc1SC(CC)C(=O)Nc1ccc(C)c(C)c1. The maximum Gasteiger partial charge on any atom is 0.237 e. The van der Waals surface area contributed by atoms with Gasteiger partial charge in [-0.15, -0.1) is 16.8 Å². The Morgan fingerprint density at radius 1 is 1.15 bits per heavy atom. The zero-order valence-corrected chi connectivity index (χ0v) is 20.6. The number of hydrogen-bond acceptors (Lipinski definition) is 6. The highest BCUT2D eigenvalue weighted by molar-refractivity contribution is 8.00. The number of thioether (sulfide) groups is 1. The van der Waals surface area contributed by atoms with Crippen LogP contribution in [0.2, 0.25) is 0 Å². The number of benzene rings is 2. The number of sulfone groups is 1. The molecule has 2 aromatic carbocycles. The lowest BCUT2D eigenvalue weighted by atomic mass is 10.1. The van der Waals surface area contributed by atoms with Crippen LogP contribution >= 0.6 is 11.8 Å². The molecular formula is C24H28N4O3S2. The van der Waals surface area contributed by atoms with Crippen LogP contribution in [0.25, 0.3) is 0 Å². The van der Waals surface area contributed by atoms with Crippen molar-refractivity contribution in [1.82, 2.24) is 14.8 Å².